The fourth-order valence-corrected chi connectivity index (χ4v) is 6.20. The number of benzene rings is 1. The van der Waals surface area contributed by atoms with Crippen molar-refractivity contribution in [3.8, 4) is 11.1 Å². The molecule has 0 radical (unpaired) electrons. The molecule has 1 saturated carbocycles. The fraction of sp³-hybridized carbons (Fsp3) is 0.310. The molecule has 0 spiro atoms. The number of anilines is 2. The Labute approximate surface area is 220 Å². The number of nitrogens with zero attached hydrogens (tertiary/aromatic N) is 2. The van der Waals surface area contributed by atoms with Crippen molar-refractivity contribution in [1.82, 2.24) is 15.3 Å². The van der Waals surface area contributed by atoms with Crippen LogP contribution in [0.25, 0.3) is 21.3 Å². The van der Waals surface area contributed by atoms with Gasteiger partial charge < -0.3 is 16.4 Å². The van der Waals surface area contributed by atoms with E-state index < -0.39 is 0 Å². The zero-order valence-corrected chi connectivity index (χ0v) is 22.2. The molecule has 0 bridgehead atoms. The second kappa shape index (κ2) is 10.3. The number of hydrogen-bond acceptors (Lipinski definition) is 6. The van der Waals surface area contributed by atoms with Crippen molar-refractivity contribution in [3.05, 3.63) is 70.0 Å². The van der Waals surface area contributed by atoms with E-state index in [1.165, 1.54) is 17.8 Å². The smallest absolute Gasteiger partial charge is 0.263 e. The van der Waals surface area contributed by atoms with E-state index in [1.54, 1.807) is 12.4 Å². The number of nitrogen functional groups attached to an aromatic ring is 1. The predicted molar refractivity (Wildman–Crippen MR) is 150 cm³/mol. The number of carbonyl (C=O) groups is 2. The molecule has 3 heterocycles. The number of fused-ring (bicyclic) bond motifs is 1. The number of amides is 2. The van der Waals surface area contributed by atoms with Crippen LogP contribution < -0.4 is 16.4 Å². The first-order valence-electron chi connectivity index (χ1n) is 12.7. The molecular weight excluding hydrogens is 482 g/mol. The zero-order chi connectivity index (χ0) is 26.1. The lowest BCUT2D eigenvalue weighted by Crippen LogP contribution is -2.36. The topological polar surface area (TPSA) is 110 Å². The lowest BCUT2D eigenvalue weighted by Gasteiger charge is -2.22. The second-order valence-corrected chi connectivity index (χ2v) is 10.8. The van der Waals surface area contributed by atoms with Gasteiger partial charge in [-0.15, -0.1) is 11.3 Å². The van der Waals surface area contributed by atoms with Crippen LogP contribution in [0.15, 0.2) is 42.7 Å². The molecule has 1 fully saturated rings. The summed E-state index contributed by atoms with van der Waals surface area (Å²) in [7, 11) is 0. The van der Waals surface area contributed by atoms with E-state index in [2.05, 4.69) is 15.6 Å². The molecule has 1 aliphatic rings. The first kappa shape index (κ1) is 24.9. The van der Waals surface area contributed by atoms with Crippen LogP contribution >= 0.6 is 11.3 Å². The molecule has 190 valence electrons. The molecule has 1 aromatic carbocycles. The predicted octanol–water partition coefficient (Wildman–Crippen LogP) is 6.18. The Morgan fingerprint density at radius 3 is 2.54 bits per heavy atom. The van der Waals surface area contributed by atoms with Gasteiger partial charge in [0.1, 0.15) is 9.71 Å². The largest absolute Gasteiger partial charge is 0.397 e. The van der Waals surface area contributed by atoms with Crippen LogP contribution in [-0.4, -0.2) is 27.8 Å². The standard InChI is InChI=1S/C29H31N5O2S/c1-16-11-12-21(17(2)14-16)34-27(35)22-18(3)32-29-24(23(22)19-8-7-13-31-15-19)25(30)26(37-29)28(36)33-20-9-5-4-6-10-20/h7-8,11-15,20H,4-6,9-10,30H2,1-3H3,(H,33,36)(H,34,35). The Balaban J connectivity index is 1.63. The minimum atomic E-state index is -0.281. The number of aromatic nitrogens is 2. The van der Waals surface area contributed by atoms with Gasteiger partial charge in [0.25, 0.3) is 11.8 Å². The van der Waals surface area contributed by atoms with Crippen LogP contribution in [0.1, 0.15) is 69.0 Å². The summed E-state index contributed by atoms with van der Waals surface area (Å²) in [4.78, 5) is 37.1. The minimum Gasteiger partial charge on any atom is -0.397 e. The molecule has 0 aliphatic heterocycles. The van der Waals surface area contributed by atoms with Crippen LogP contribution in [-0.2, 0) is 0 Å². The zero-order valence-electron chi connectivity index (χ0n) is 21.4. The molecule has 1 aliphatic carbocycles. The number of nitrogens with two attached hydrogens (primary N) is 1. The minimum absolute atomic E-state index is 0.164. The quantitative estimate of drug-likeness (QED) is 0.295. The summed E-state index contributed by atoms with van der Waals surface area (Å²) in [6.45, 7) is 5.80. The molecular formula is C29H31N5O2S. The van der Waals surface area contributed by atoms with Crippen molar-refractivity contribution in [3.63, 3.8) is 0 Å². The van der Waals surface area contributed by atoms with E-state index in [-0.39, 0.29) is 17.9 Å². The number of rotatable bonds is 5. The van der Waals surface area contributed by atoms with Gasteiger partial charge in [-0.05, 0) is 51.3 Å². The molecule has 3 aromatic heterocycles. The highest BCUT2D eigenvalue weighted by molar-refractivity contribution is 7.21. The van der Waals surface area contributed by atoms with E-state index in [1.807, 2.05) is 51.1 Å². The Morgan fingerprint density at radius 1 is 1.05 bits per heavy atom. The molecule has 0 saturated heterocycles. The second-order valence-electron chi connectivity index (χ2n) is 9.79. The normalized spacial score (nSPS) is 14.0. The first-order chi connectivity index (χ1) is 17.8. The van der Waals surface area contributed by atoms with Crippen LogP contribution in [0.2, 0.25) is 0 Å². The van der Waals surface area contributed by atoms with Gasteiger partial charge in [-0.3, -0.25) is 14.6 Å². The van der Waals surface area contributed by atoms with Gasteiger partial charge in [0.15, 0.2) is 0 Å². The van der Waals surface area contributed by atoms with Crippen molar-refractivity contribution in [2.45, 2.75) is 58.9 Å². The van der Waals surface area contributed by atoms with Crippen molar-refractivity contribution in [2.24, 2.45) is 0 Å². The Bertz CT molecular complexity index is 1490. The maximum absolute atomic E-state index is 13.7. The first-order valence-corrected chi connectivity index (χ1v) is 13.5. The highest BCUT2D eigenvalue weighted by Crippen LogP contribution is 2.42. The maximum atomic E-state index is 13.7. The van der Waals surface area contributed by atoms with Gasteiger partial charge in [0, 0.05) is 40.6 Å². The monoisotopic (exact) mass is 513 g/mol. The summed E-state index contributed by atoms with van der Waals surface area (Å²) in [5.74, 6) is -0.458. The number of hydrogen-bond donors (Lipinski definition) is 3. The Kier molecular flexibility index (Phi) is 6.93. The van der Waals surface area contributed by atoms with E-state index in [9.17, 15) is 9.59 Å². The lowest BCUT2D eigenvalue weighted by molar-refractivity contribution is 0.0932. The van der Waals surface area contributed by atoms with Crippen molar-refractivity contribution >= 4 is 44.7 Å². The molecule has 2 amide bonds. The molecule has 4 N–H and O–H groups in total. The number of pyridine rings is 2. The molecule has 7 nitrogen and oxygen atoms in total. The Morgan fingerprint density at radius 2 is 1.84 bits per heavy atom. The van der Waals surface area contributed by atoms with Gasteiger partial charge in [0.05, 0.1) is 16.9 Å². The van der Waals surface area contributed by atoms with Crippen LogP contribution in [0.3, 0.4) is 0 Å². The van der Waals surface area contributed by atoms with Crippen molar-refractivity contribution in [1.29, 1.82) is 0 Å². The van der Waals surface area contributed by atoms with Crippen LogP contribution in [0.5, 0.6) is 0 Å². The summed E-state index contributed by atoms with van der Waals surface area (Å²) in [6.07, 6.45) is 8.82. The molecule has 8 heteroatoms. The van der Waals surface area contributed by atoms with E-state index in [0.717, 1.165) is 48.1 Å². The van der Waals surface area contributed by atoms with Crippen LogP contribution in [0, 0.1) is 20.8 Å². The maximum Gasteiger partial charge on any atom is 0.263 e. The van der Waals surface area contributed by atoms with Gasteiger partial charge in [-0.1, -0.05) is 43.0 Å². The summed E-state index contributed by atoms with van der Waals surface area (Å²) < 4.78 is 0. The van der Waals surface area contributed by atoms with Gasteiger partial charge in [0.2, 0.25) is 0 Å². The molecule has 0 unspecified atom stereocenters. The number of thiophene rings is 1. The van der Waals surface area contributed by atoms with Gasteiger partial charge >= 0.3 is 0 Å². The van der Waals surface area contributed by atoms with Crippen LogP contribution in [0.4, 0.5) is 11.4 Å². The molecule has 4 aromatic rings. The van der Waals surface area contributed by atoms with Gasteiger partial charge in [-0.25, -0.2) is 4.98 Å². The fourth-order valence-electron chi connectivity index (χ4n) is 5.15. The number of carbonyl (C=O) groups excluding carboxylic acids is 2. The summed E-state index contributed by atoms with van der Waals surface area (Å²) >= 11 is 1.27. The van der Waals surface area contributed by atoms with Crippen molar-refractivity contribution in [2.75, 3.05) is 11.1 Å². The van der Waals surface area contributed by atoms with E-state index in [4.69, 9.17) is 10.7 Å². The molecule has 5 rings (SSSR count). The molecule has 0 atom stereocenters. The average Bonchev–Trinajstić information content (AvgIpc) is 3.21. The lowest BCUT2D eigenvalue weighted by atomic mass is 9.95. The highest BCUT2D eigenvalue weighted by atomic mass is 32.1. The number of nitrogens with one attached hydrogen (secondary N) is 2. The third-order valence-electron chi connectivity index (χ3n) is 7.01. The van der Waals surface area contributed by atoms with Crippen molar-refractivity contribution < 1.29 is 9.59 Å². The summed E-state index contributed by atoms with van der Waals surface area (Å²) in [5, 5.41) is 6.83. The SMILES string of the molecule is Cc1ccc(NC(=O)c2c(C)nc3sc(C(=O)NC4CCCCC4)c(N)c3c2-c2cccnc2)c(C)c1. The van der Waals surface area contributed by atoms with Gasteiger partial charge in [-0.2, -0.15) is 0 Å². The average molecular weight is 514 g/mol. The third-order valence-corrected chi connectivity index (χ3v) is 8.11. The van der Waals surface area contributed by atoms with E-state index in [0.29, 0.717) is 37.6 Å². The molecule has 37 heavy (non-hydrogen) atoms. The Hall–Kier alpha value is -3.78. The highest BCUT2D eigenvalue weighted by Gasteiger charge is 2.28. The summed E-state index contributed by atoms with van der Waals surface area (Å²) in [6, 6.07) is 9.78. The number of aryl methyl sites for hydroxylation is 3. The van der Waals surface area contributed by atoms with E-state index >= 15 is 0 Å². The summed E-state index contributed by atoms with van der Waals surface area (Å²) in [5.41, 5.74) is 12.2. The third kappa shape index (κ3) is 4.93.